The smallest absolute Gasteiger partial charge is 0.420 e. The summed E-state index contributed by atoms with van der Waals surface area (Å²) in [6.07, 6.45) is -6.89. The molecule has 1 aliphatic heterocycles. The number of benzene rings is 2. The molecule has 34 heavy (non-hydrogen) atoms. The van der Waals surface area contributed by atoms with E-state index in [1.807, 2.05) is 0 Å². The molecular weight excluding hydrogens is 486 g/mol. The highest BCUT2D eigenvalue weighted by Crippen LogP contribution is 2.53. The van der Waals surface area contributed by atoms with E-state index in [1.165, 1.54) is 18.2 Å². The van der Waals surface area contributed by atoms with Crippen LogP contribution >= 0.6 is 11.9 Å². The predicted molar refractivity (Wildman–Crippen MR) is 113 cm³/mol. The molecule has 1 N–H and O–H groups in total. The molecule has 184 valence electrons. The Morgan fingerprint density at radius 2 is 1.88 bits per heavy atom. The minimum absolute atomic E-state index is 0.169. The molecule has 0 spiro atoms. The fourth-order valence-corrected chi connectivity index (χ4v) is 5.06. The lowest BCUT2D eigenvalue weighted by atomic mass is 9.66. The van der Waals surface area contributed by atoms with Gasteiger partial charge in [0.25, 0.3) is 5.92 Å². The molecule has 1 saturated carbocycles. The van der Waals surface area contributed by atoms with Crippen molar-refractivity contribution in [2.75, 3.05) is 31.6 Å². The summed E-state index contributed by atoms with van der Waals surface area (Å²) in [7, 11) is 1.73. The van der Waals surface area contributed by atoms with Crippen LogP contribution in [0.5, 0.6) is 5.75 Å². The van der Waals surface area contributed by atoms with Crippen molar-refractivity contribution in [3.8, 4) is 5.75 Å². The zero-order valence-electron chi connectivity index (χ0n) is 17.8. The maximum absolute atomic E-state index is 14.0. The number of hydrogen-bond acceptors (Lipinski definition) is 5. The average molecular weight is 506 g/mol. The van der Waals surface area contributed by atoms with Gasteiger partial charge in [0.2, 0.25) is 0 Å². The van der Waals surface area contributed by atoms with Crippen LogP contribution in [0.3, 0.4) is 0 Å². The second kappa shape index (κ2) is 8.56. The molecule has 2 aromatic rings. The fourth-order valence-electron chi connectivity index (χ4n) is 4.13. The van der Waals surface area contributed by atoms with E-state index < -0.39 is 60.1 Å². The van der Waals surface area contributed by atoms with Crippen molar-refractivity contribution >= 4 is 29.3 Å². The van der Waals surface area contributed by atoms with E-state index in [1.54, 1.807) is 22.3 Å². The zero-order valence-corrected chi connectivity index (χ0v) is 18.7. The van der Waals surface area contributed by atoms with Crippen molar-refractivity contribution in [2.45, 2.75) is 29.8 Å². The van der Waals surface area contributed by atoms with Crippen LogP contribution in [-0.4, -0.2) is 48.0 Å². The van der Waals surface area contributed by atoms with E-state index in [2.05, 4.69) is 0 Å². The first-order valence-corrected chi connectivity index (χ1v) is 11.0. The summed E-state index contributed by atoms with van der Waals surface area (Å²) in [5.74, 6) is -5.94. The molecule has 0 atom stereocenters. The van der Waals surface area contributed by atoms with Crippen molar-refractivity contribution in [3.05, 3.63) is 47.8 Å². The van der Waals surface area contributed by atoms with Crippen LogP contribution in [0.25, 0.3) is 0 Å². The van der Waals surface area contributed by atoms with E-state index in [4.69, 9.17) is 4.74 Å². The van der Waals surface area contributed by atoms with Gasteiger partial charge in [0.1, 0.15) is 23.6 Å². The Bertz CT molecular complexity index is 1100. The topological polar surface area (TPSA) is 53.0 Å². The third kappa shape index (κ3) is 4.78. The molecule has 5 nitrogen and oxygen atoms in total. The summed E-state index contributed by atoms with van der Waals surface area (Å²) >= 11 is 1.14. The van der Waals surface area contributed by atoms with Crippen molar-refractivity contribution in [1.82, 2.24) is 4.31 Å². The van der Waals surface area contributed by atoms with Gasteiger partial charge in [-0.05, 0) is 49.3 Å². The summed E-state index contributed by atoms with van der Waals surface area (Å²) in [5.41, 5.74) is -2.61. The first kappa shape index (κ1) is 24.5. The molecule has 1 aliphatic carbocycles. The van der Waals surface area contributed by atoms with E-state index in [9.17, 15) is 36.2 Å². The van der Waals surface area contributed by atoms with Crippen molar-refractivity contribution in [1.29, 1.82) is 0 Å². The monoisotopic (exact) mass is 506 g/mol. The summed E-state index contributed by atoms with van der Waals surface area (Å²) in [5, 5.41) is 9.39. The molecule has 1 heterocycles. The van der Waals surface area contributed by atoms with Gasteiger partial charge in [0.15, 0.2) is 0 Å². The first-order chi connectivity index (χ1) is 15.8. The second-order valence-corrected chi connectivity index (χ2v) is 9.72. The van der Waals surface area contributed by atoms with Gasteiger partial charge in [-0.3, -0.25) is 4.79 Å². The zero-order chi connectivity index (χ0) is 24.9. The summed E-state index contributed by atoms with van der Waals surface area (Å²) in [6, 6.07) is 7.46. The molecule has 0 unspecified atom stereocenters. The maximum atomic E-state index is 14.0. The molecule has 0 amide bonds. The Kier molecular flexibility index (Phi) is 6.17. The molecule has 2 aromatic carbocycles. The molecule has 4 rings (SSSR count). The molecule has 0 saturated heterocycles. The van der Waals surface area contributed by atoms with E-state index in [-0.39, 0.29) is 12.2 Å². The van der Waals surface area contributed by atoms with Gasteiger partial charge < -0.3 is 14.7 Å². The van der Waals surface area contributed by atoms with Crippen molar-refractivity contribution < 1.29 is 41.0 Å². The highest BCUT2D eigenvalue weighted by Gasteiger charge is 2.62. The Morgan fingerprint density at radius 1 is 1.18 bits per heavy atom. The van der Waals surface area contributed by atoms with Crippen LogP contribution in [0.1, 0.15) is 18.4 Å². The van der Waals surface area contributed by atoms with Gasteiger partial charge in [-0.15, -0.1) is 0 Å². The lowest BCUT2D eigenvalue weighted by Crippen LogP contribution is -2.54. The number of fused-ring (bicyclic) bond motifs is 1. The van der Waals surface area contributed by atoms with Crippen molar-refractivity contribution in [3.63, 3.8) is 0 Å². The number of carbonyl (C=O) groups is 1. The SMILES string of the molecule is CN1CCN(c2cccc(F)c2)c2cc(C(F)(F)F)c(OCC3(C(=O)O)CC(F)(F)C3)cc2S1. The molecule has 0 aromatic heterocycles. The number of carboxylic acids is 1. The number of alkyl halides is 5. The lowest BCUT2D eigenvalue weighted by molar-refractivity contribution is -0.200. The standard InChI is InChI=1S/C22H20F6N2O3S/c1-29-5-6-30(14-4-2-3-13(23)7-14)16-8-15(22(26,27)28)17(9-18(16)34-29)33-12-20(19(31)32)10-21(24,25)11-20/h2-4,7-9H,5-6,10-12H2,1H3,(H,31,32). The number of ether oxygens (including phenoxy) is 1. The highest BCUT2D eigenvalue weighted by atomic mass is 32.2. The normalized spacial score (nSPS) is 19.7. The van der Waals surface area contributed by atoms with Gasteiger partial charge in [-0.1, -0.05) is 6.07 Å². The third-order valence-electron chi connectivity index (χ3n) is 5.82. The Hall–Kier alpha value is -2.60. The number of nitrogens with zero attached hydrogens (tertiary/aromatic N) is 2. The molecule has 1 fully saturated rings. The number of rotatable bonds is 5. The van der Waals surface area contributed by atoms with Gasteiger partial charge >= 0.3 is 12.1 Å². The summed E-state index contributed by atoms with van der Waals surface area (Å²) in [4.78, 5) is 13.5. The molecule has 0 bridgehead atoms. The number of likely N-dealkylation sites (N-methyl/N-ethyl adjacent to an activating group) is 1. The Morgan fingerprint density at radius 3 is 2.47 bits per heavy atom. The van der Waals surface area contributed by atoms with Crippen LogP contribution in [0.15, 0.2) is 41.3 Å². The largest absolute Gasteiger partial charge is 0.492 e. The molecule has 12 heteroatoms. The van der Waals surface area contributed by atoms with Crippen LogP contribution in [0.2, 0.25) is 0 Å². The number of hydrogen-bond donors (Lipinski definition) is 1. The second-order valence-electron chi connectivity index (χ2n) is 8.47. The minimum Gasteiger partial charge on any atom is -0.492 e. The third-order valence-corrected chi connectivity index (χ3v) is 6.84. The van der Waals surface area contributed by atoms with Crippen LogP contribution in [0.4, 0.5) is 37.7 Å². The molecular formula is C22H20F6N2O3S. The van der Waals surface area contributed by atoms with Gasteiger partial charge in [0.05, 0.1) is 16.1 Å². The first-order valence-electron chi connectivity index (χ1n) is 10.2. The van der Waals surface area contributed by atoms with Gasteiger partial charge in [-0.25, -0.2) is 17.5 Å². The van der Waals surface area contributed by atoms with E-state index >= 15 is 0 Å². The quantitative estimate of drug-likeness (QED) is 0.408. The minimum atomic E-state index is -4.87. The highest BCUT2D eigenvalue weighted by molar-refractivity contribution is 7.97. The maximum Gasteiger partial charge on any atom is 0.420 e. The molecule has 0 radical (unpaired) electrons. The number of anilines is 2. The fraction of sp³-hybridized carbons (Fsp3) is 0.409. The van der Waals surface area contributed by atoms with Gasteiger partial charge in [-0.2, -0.15) is 13.2 Å². The predicted octanol–water partition coefficient (Wildman–Crippen LogP) is 5.81. The van der Waals surface area contributed by atoms with Crippen LogP contribution in [-0.2, 0) is 11.0 Å². The number of carboxylic acid groups (broad SMARTS) is 1. The van der Waals surface area contributed by atoms with Crippen molar-refractivity contribution in [2.24, 2.45) is 5.41 Å². The summed E-state index contributed by atoms with van der Waals surface area (Å²) in [6.45, 7) is -0.118. The molecule has 2 aliphatic rings. The number of halogens is 6. The van der Waals surface area contributed by atoms with E-state index in [0.717, 1.165) is 24.1 Å². The van der Waals surface area contributed by atoms with Crippen LogP contribution < -0.4 is 9.64 Å². The number of aliphatic carboxylic acids is 1. The van der Waals surface area contributed by atoms with Gasteiger partial charge in [0, 0.05) is 31.6 Å². The average Bonchev–Trinajstić information content (AvgIpc) is 2.86. The Labute approximate surface area is 195 Å². The summed E-state index contributed by atoms with van der Waals surface area (Å²) < 4.78 is 89.6. The van der Waals surface area contributed by atoms with E-state index in [0.29, 0.717) is 17.1 Å². The lowest BCUT2D eigenvalue weighted by Gasteiger charge is -2.43. The van der Waals surface area contributed by atoms with Crippen LogP contribution in [0, 0.1) is 11.2 Å². The Balaban J connectivity index is 1.75.